The van der Waals surface area contributed by atoms with Gasteiger partial charge in [-0.3, -0.25) is 4.79 Å². The van der Waals surface area contributed by atoms with Crippen molar-refractivity contribution in [1.82, 2.24) is 0 Å². The van der Waals surface area contributed by atoms with Crippen LogP contribution in [-0.4, -0.2) is 12.6 Å². The Balaban J connectivity index is 2.27. The van der Waals surface area contributed by atoms with E-state index in [4.69, 9.17) is 4.74 Å². The number of cyclic esters (lactones) is 1. The molecule has 0 radical (unpaired) electrons. The minimum atomic E-state index is -0.0541. The predicted octanol–water partition coefficient (Wildman–Crippen LogP) is 2.44. The third kappa shape index (κ3) is 4.16. The molecule has 0 aromatic heterocycles. The Morgan fingerprint density at radius 2 is 1.92 bits per heavy atom. The standard InChI is InChI=1S/C10H16O2/c11-10-8-6-4-2-1-3-5-7-9-12-10/h2,4H,1,3,5-9H2. The highest BCUT2D eigenvalue weighted by atomic mass is 16.5. The molecule has 1 heterocycles. The Morgan fingerprint density at radius 1 is 1.08 bits per heavy atom. The molecule has 0 unspecified atom stereocenters. The zero-order valence-corrected chi connectivity index (χ0v) is 7.42. The van der Waals surface area contributed by atoms with Gasteiger partial charge in [0, 0.05) is 6.42 Å². The average Bonchev–Trinajstić information content (AvgIpc) is 2.11. The molecule has 0 N–H and O–H groups in total. The molecule has 1 aliphatic rings. The summed E-state index contributed by atoms with van der Waals surface area (Å²) in [4.78, 5) is 11.0. The third-order valence-corrected chi connectivity index (χ3v) is 1.96. The Bertz CT molecular complexity index is 161. The van der Waals surface area contributed by atoms with Gasteiger partial charge < -0.3 is 4.74 Å². The van der Waals surface area contributed by atoms with Crippen molar-refractivity contribution < 1.29 is 9.53 Å². The number of esters is 1. The number of carbonyl (C=O) groups is 1. The van der Waals surface area contributed by atoms with Gasteiger partial charge in [0.2, 0.25) is 0 Å². The predicted molar refractivity (Wildman–Crippen MR) is 47.8 cm³/mol. The van der Waals surface area contributed by atoms with Crippen molar-refractivity contribution in [3.05, 3.63) is 12.2 Å². The maximum atomic E-state index is 11.0. The van der Waals surface area contributed by atoms with E-state index in [-0.39, 0.29) is 5.97 Å². The summed E-state index contributed by atoms with van der Waals surface area (Å²) in [5.41, 5.74) is 0. The van der Waals surface area contributed by atoms with Crippen LogP contribution in [0.15, 0.2) is 12.2 Å². The molecule has 0 amide bonds. The van der Waals surface area contributed by atoms with Gasteiger partial charge in [-0.05, 0) is 32.1 Å². The average molecular weight is 168 g/mol. The lowest BCUT2D eigenvalue weighted by atomic mass is 10.2. The van der Waals surface area contributed by atoms with Gasteiger partial charge in [0.05, 0.1) is 6.61 Å². The summed E-state index contributed by atoms with van der Waals surface area (Å²) in [6.45, 7) is 0.610. The Morgan fingerprint density at radius 3 is 2.83 bits per heavy atom. The zero-order chi connectivity index (χ0) is 8.65. The number of carbonyl (C=O) groups excluding carboxylic acids is 1. The molecular formula is C10H16O2. The van der Waals surface area contributed by atoms with E-state index in [0.717, 1.165) is 25.7 Å². The van der Waals surface area contributed by atoms with Gasteiger partial charge in [0.1, 0.15) is 0 Å². The molecule has 0 fully saturated rings. The van der Waals surface area contributed by atoms with Crippen LogP contribution < -0.4 is 0 Å². The summed E-state index contributed by atoms with van der Waals surface area (Å²) in [7, 11) is 0. The van der Waals surface area contributed by atoms with Crippen LogP contribution in [0.5, 0.6) is 0 Å². The molecule has 68 valence electrons. The zero-order valence-electron chi connectivity index (χ0n) is 7.42. The molecule has 0 saturated carbocycles. The second-order valence-corrected chi connectivity index (χ2v) is 3.08. The lowest BCUT2D eigenvalue weighted by molar-refractivity contribution is -0.143. The third-order valence-electron chi connectivity index (χ3n) is 1.96. The molecule has 2 heteroatoms. The fourth-order valence-corrected chi connectivity index (χ4v) is 1.24. The molecule has 1 rings (SSSR count). The van der Waals surface area contributed by atoms with Crippen molar-refractivity contribution in [2.75, 3.05) is 6.61 Å². The van der Waals surface area contributed by atoms with Crippen molar-refractivity contribution in [3.63, 3.8) is 0 Å². The fourth-order valence-electron chi connectivity index (χ4n) is 1.24. The van der Waals surface area contributed by atoms with E-state index in [0.29, 0.717) is 13.0 Å². The quantitative estimate of drug-likeness (QED) is 0.410. The summed E-state index contributed by atoms with van der Waals surface area (Å²) < 4.78 is 5.00. The fraction of sp³-hybridized carbons (Fsp3) is 0.700. The normalized spacial score (nSPS) is 21.2. The second-order valence-electron chi connectivity index (χ2n) is 3.08. The minimum Gasteiger partial charge on any atom is -0.466 e. The van der Waals surface area contributed by atoms with Crippen LogP contribution in [0.2, 0.25) is 0 Å². The van der Waals surface area contributed by atoms with Gasteiger partial charge >= 0.3 is 5.97 Å². The first-order chi connectivity index (χ1) is 5.89. The van der Waals surface area contributed by atoms with E-state index in [1.165, 1.54) is 6.42 Å². The van der Waals surface area contributed by atoms with Crippen LogP contribution in [0.1, 0.15) is 38.5 Å². The summed E-state index contributed by atoms with van der Waals surface area (Å²) in [6, 6.07) is 0. The first kappa shape index (κ1) is 9.30. The van der Waals surface area contributed by atoms with Crippen LogP contribution in [0.3, 0.4) is 0 Å². The maximum Gasteiger partial charge on any atom is 0.306 e. The highest BCUT2D eigenvalue weighted by Crippen LogP contribution is 2.05. The second kappa shape index (κ2) is 5.81. The van der Waals surface area contributed by atoms with E-state index in [9.17, 15) is 4.79 Å². The highest BCUT2D eigenvalue weighted by Gasteiger charge is 2.01. The molecule has 0 aromatic carbocycles. The summed E-state index contributed by atoms with van der Waals surface area (Å²) in [6.07, 6.45) is 10.2. The molecule has 0 atom stereocenters. The SMILES string of the molecule is O=C1CCC=CCCCCCO1. The molecule has 0 spiro atoms. The maximum absolute atomic E-state index is 11.0. The molecule has 1 aliphatic heterocycles. The molecule has 2 nitrogen and oxygen atoms in total. The van der Waals surface area contributed by atoms with E-state index >= 15 is 0 Å². The Labute approximate surface area is 73.6 Å². The highest BCUT2D eigenvalue weighted by molar-refractivity contribution is 5.69. The summed E-state index contributed by atoms with van der Waals surface area (Å²) in [5, 5.41) is 0. The topological polar surface area (TPSA) is 26.3 Å². The monoisotopic (exact) mass is 168 g/mol. The lowest BCUT2D eigenvalue weighted by Crippen LogP contribution is -2.04. The molecule has 0 bridgehead atoms. The Kier molecular flexibility index (Phi) is 4.50. The van der Waals surface area contributed by atoms with Crippen LogP contribution in [0.25, 0.3) is 0 Å². The van der Waals surface area contributed by atoms with E-state index in [1.807, 2.05) is 0 Å². The molecule has 0 aromatic rings. The molecule has 0 aliphatic carbocycles. The van der Waals surface area contributed by atoms with Crippen LogP contribution >= 0.6 is 0 Å². The van der Waals surface area contributed by atoms with Gasteiger partial charge in [-0.25, -0.2) is 0 Å². The van der Waals surface area contributed by atoms with Crippen molar-refractivity contribution in [3.8, 4) is 0 Å². The van der Waals surface area contributed by atoms with Crippen molar-refractivity contribution in [1.29, 1.82) is 0 Å². The van der Waals surface area contributed by atoms with Gasteiger partial charge in [-0.2, -0.15) is 0 Å². The van der Waals surface area contributed by atoms with Crippen molar-refractivity contribution in [2.45, 2.75) is 38.5 Å². The van der Waals surface area contributed by atoms with Crippen LogP contribution in [0.4, 0.5) is 0 Å². The molecule has 12 heavy (non-hydrogen) atoms. The summed E-state index contributed by atoms with van der Waals surface area (Å²) in [5.74, 6) is -0.0541. The van der Waals surface area contributed by atoms with Gasteiger partial charge in [0.15, 0.2) is 0 Å². The number of allylic oxidation sites excluding steroid dienone is 2. The van der Waals surface area contributed by atoms with Crippen molar-refractivity contribution in [2.24, 2.45) is 0 Å². The molecular weight excluding hydrogens is 152 g/mol. The number of rotatable bonds is 0. The van der Waals surface area contributed by atoms with Gasteiger partial charge in [-0.1, -0.05) is 12.2 Å². The van der Waals surface area contributed by atoms with Gasteiger partial charge in [-0.15, -0.1) is 0 Å². The largest absolute Gasteiger partial charge is 0.466 e. The number of hydrogen-bond donors (Lipinski definition) is 0. The van der Waals surface area contributed by atoms with Gasteiger partial charge in [0.25, 0.3) is 0 Å². The minimum absolute atomic E-state index is 0.0541. The van der Waals surface area contributed by atoms with E-state index in [2.05, 4.69) is 12.2 Å². The summed E-state index contributed by atoms with van der Waals surface area (Å²) >= 11 is 0. The smallest absolute Gasteiger partial charge is 0.306 e. The first-order valence-corrected chi connectivity index (χ1v) is 4.70. The Hall–Kier alpha value is -0.790. The first-order valence-electron chi connectivity index (χ1n) is 4.70. The van der Waals surface area contributed by atoms with E-state index < -0.39 is 0 Å². The van der Waals surface area contributed by atoms with Crippen LogP contribution in [-0.2, 0) is 9.53 Å². The number of hydrogen-bond acceptors (Lipinski definition) is 2. The molecule has 0 saturated heterocycles. The lowest BCUT2D eigenvalue weighted by Gasteiger charge is -2.01. The van der Waals surface area contributed by atoms with Crippen molar-refractivity contribution >= 4 is 5.97 Å². The van der Waals surface area contributed by atoms with E-state index in [1.54, 1.807) is 0 Å². The van der Waals surface area contributed by atoms with Crippen LogP contribution in [0, 0.1) is 0 Å². The number of ether oxygens (including phenoxy) is 1.